The van der Waals surface area contributed by atoms with Crippen LogP contribution >= 0.6 is 0 Å². The van der Waals surface area contributed by atoms with Crippen LogP contribution in [0.15, 0.2) is 54.6 Å². The minimum absolute atomic E-state index is 0.157. The standard InChI is InChI=1S/C16H11F5O/c17-13-6-4-12(5-7-13)15(22,16(19,20)21)9-8-11-2-1-3-14(18)10-11/h1-10,22H. The lowest BCUT2D eigenvalue weighted by Gasteiger charge is -2.28. The topological polar surface area (TPSA) is 20.2 Å². The van der Waals surface area contributed by atoms with Crippen molar-refractivity contribution in [2.75, 3.05) is 0 Å². The third-order valence-electron chi connectivity index (χ3n) is 3.08. The minimum atomic E-state index is -5.02. The first kappa shape index (κ1) is 16.2. The second-order valence-corrected chi connectivity index (χ2v) is 4.66. The lowest BCUT2D eigenvalue weighted by atomic mass is 9.92. The van der Waals surface area contributed by atoms with Crippen LogP contribution in [-0.4, -0.2) is 11.3 Å². The minimum Gasteiger partial charge on any atom is -0.373 e. The Morgan fingerprint density at radius 2 is 1.50 bits per heavy atom. The summed E-state index contributed by atoms with van der Waals surface area (Å²) < 4.78 is 65.5. The monoisotopic (exact) mass is 314 g/mol. The largest absolute Gasteiger partial charge is 0.425 e. The molecule has 0 aliphatic rings. The summed E-state index contributed by atoms with van der Waals surface area (Å²) in [4.78, 5) is 0. The third-order valence-corrected chi connectivity index (χ3v) is 3.08. The number of halogens is 5. The molecule has 0 radical (unpaired) electrons. The van der Waals surface area contributed by atoms with Gasteiger partial charge in [-0.3, -0.25) is 0 Å². The number of benzene rings is 2. The Hall–Kier alpha value is -2.21. The van der Waals surface area contributed by atoms with E-state index < -0.39 is 29.0 Å². The molecule has 0 heterocycles. The zero-order valence-electron chi connectivity index (χ0n) is 11.1. The van der Waals surface area contributed by atoms with E-state index in [9.17, 15) is 27.1 Å². The highest BCUT2D eigenvalue weighted by atomic mass is 19.4. The van der Waals surface area contributed by atoms with Gasteiger partial charge >= 0.3 is 6.18 Å². The fourth-order valence-electron chi connectivity index (χ4n) is 1.89. The maximum atomic E-state index is 13.2. The molecule has 0 fully saturated rings. The van der Waals surface area contributed by atoms with E-state index in [1.807, 2.05) is 0 Å². The molecule has 116 valence electrons. The first-order valence-corrected chi connectivity index (χ1v) is 6.22. The highest BCUT2D eigenvalue weighted by Gasteiger charge is 2.53. The molecule has 0 bridgehead atoms. The van der Waals surface area contributed by atoms with Crippen LogP contribution in [0.2, 0.25) is 0 Å². The van der Waals surface area contributed by atoms with Crippen molar-refractivity contribution in [1.29, 1.82) is 0 Å². The highest BCUT2D eigenvalue weighted by molar-refractivity contribution is 5.52. The Balaban J connectivity index is 2.44. The van der Waals surface area contributed by atoms with Gasteiger partial charge in [0.05, 0.1) is 0 Å². The Kier molecular flexibility index (Phi) is 4.32. The van der Waals surface area contributed by atoms with Crippen LogP contribution in [0.4, 0.5) is 22.0 Å². The van der Waals surface area contributed by atoms with Crippen molar-refractivity contribution in [1.82, 2.24) is 0 Å². The van der Waals surface area contributed by atoms with Gasteiger partial charge in [-0.2, -0.15) is 13.2 Å². The van der Waals surface area contributed by atoms with Gasteiger partial charge in [-0.15, -0.1) is 0 Å². The molecule has 2 aromatic rings. The molecular formula is C16H11F5O. The van der Waals surface area contributed by atoms with Crippen LogP contribution in [0.5, 0.6) is 0 Å². The van der Waals surface area contributed by atoms with Crippen LogP contribution in [0.25, 0.3) is 6.08 Å². The van der Waals surface area contributed by atoms with E-state index in [1.165, 1.54) is 12.1 Å². The van der Waals surface area contributed by atoms with E-state index in [2.05, 4.69) is 0 Å². The van der Waals surface area contributed by atoms with Crippen molar-refractivity contribution in [3.05, 3.63) is 77.4 Å². The number of hydrogen-bond donors (Lipinski definition) is 1. The predicted octanol–water partition coefficient (Wildman–Crippen LogP) is 4.43. The molecule has 0 saturated carbocycles. The smallest absolute Gasteiger partial charge is 0.373 e. The molecule has 0 aromatic heterocycles. The molecule has 1 atom stereocenters. The van der Waals surface area contributed by atoms with Gasteiger partial charge in [0.25, 0.3) is 0 Å². The second kappa shape index (κ2) is 5.88. The summed E-state index contributed by atoms with van der Waals surface area (Å²) in [6.07, 6.45) is -3.55. The SMILES string of the molecule is OC(C=Cc1cccc(F)c1)(c1ccc(F)cc1)C(F)(F)F. The summed E-state index contributed by atoms with van der Waals surface area (Å²) in [5, 5.41) is 10.0. The first-order valence-electron chi connectivity index (χ1n) is 6.22. The fourth-order valence-corrected chi connectivity index (χ4v) is 1.89. The molecular weight excluding hydrogens is 303 g/mol. The molecule has 0 aliphatic carbocycles. The van der Waals surface area contributed by atoms with Crippen LogP contribution in [0, 0.1) is 11.6 Å². The summed E-state index contributed by atoms with van der Waals surface area (Å²) in [7, 11) is 0. The zero-order valence-corrected chi connectivity index (χ0v) is 11.1. The number of aliphatic hydroxyl groups is 1. The van der Waals surface area contributed by atoms with E-state index in [0.717, 1.165) is 42.5 Å². The zero-order chi connectivity index (χ0) is 16.4. The Morgan fingerprint density at radius 1 is 0.864 bits per heavy atom. The van der Waals surface area contributed by atoms with Crippen LogP contribution < -0.4 is 0 Å². The van der Waals surface area contributed by atoms with Gasteiger partial charge in [-0.05, 0) is 41.5 Å². The number of alkyl halides is 3. The average Bonchev–Trinajstić information content (AvgIpc) is 2.44. The molecule has 1 nitrogen and oxygen atoms in total. The van der Waals surface area contributed by atoms with Gasteiger partial charge in [0, 0.05) is 0 Å². The Bertz CT molecular complexity index is 676. The molecule has 0 amide bonds. The Morgan fingerprint density at radius 3 is 2.05 bits per heavy atom. The molecule has 0 saturated heterocycles. The van der Waals surface area contributed by atoms with Crippen molar-refractivity contribution < 1.29 is 27.1 Å². The fraction of sp³-hybridized carbons (Fsp3) is 0.125. The summed E-state index contributed by atoms with van der Waals surface area (Å²) in [6, 6.07) is 8.23. The summed E-state index contributed by atoms with van der Waals surface area (Å²) in [5.74, 6) is -1.33. The maximum Gasteiger partial charge on any atom is 0.425 e. The number of hydrogen-bond acceptors (Lipinski definition) is 1. The van der Waals surface area contributed by atoms with Crippen molar-refractivity contribution >= 4 is 6.08 Å². The lowest BCUT2D eigenvalue weighted by Crippen LogP contribution is -2.40. The van der Waals surface area contributed by atoms with Crippen molar-refractivity contribution in [3.8, 4) is 0 Å². The van der Waals surface area contributed by atoms with Gasteiger partial charge in [0.2, 0.25) is 5.60 Å². The molecule has 2 aromatic carbocycles. The average molecular weight is 314 g/mol. The van der Waals surface area contributed by atoms with Gasteiger partial charge in [-0.25, -0.2) is 8.78 Å². The summed E-state index contributed by atoms with van der Waals surface area (Å²) in [6.45, 7) is 0. The maximum absolute atomic E-state index is 13.2. The Labute approximate surface area is 123 Å². The van der Waals surface area contributed by atoms with E-state index in [1.54, 1.807) is 0 Å². The van der Waals surface area contributed by atoms with Crippen molar-refractivity contribution in [2.24, 2.45) is 0 Å². The molecule has 0 aliphatic heterocycles. The summed E-state index contributed by atoms with van der Waals surface area (Å²) >= 11 is 0. The van der Waals surface area contributed by atoms with Gasteiger partial charge in [-0.1, -0.05) is 30.3 Å². The molecule has 2 rings (SSSR count). The van der Waals surface area contributed by atoms with Gasteiger partial charge < -0.3 is 5.11 Å². The van der Waals surface area contributed by atoms with Crippen LogP contribution in [-0.2, 0) is 5.60 Å². The normalized spacial score (nSPS) is 15.0. The highest BCUT2D eigenvalue weighted by Crippen LogP contribution is 2.40. The molecule has 22 heavy (non-hydrogen) atoms. The first-order chi connectivity index (χ1) is 10.2. The van der Waals surface area contributed by atoms with Crippen LogP contribution in [0.1, 0.15) is 11.1 Å². The quantitative estimate of drug-likeness (QED) is 0.831. The molecule has 0 spiro atoms. The van der Waals surface area contributed by atoms with Gasteiger partial charge in [0.15, 0.2) is 0 Å². The van der Waals surface area contributed by atoms with Crippen LogP contribution in [0.3, 0.4) is 0 Å². The van der Waals surface area contributed by atoms with E-state index in [0.29, 0.717) is 6.08 Å². The predicted molar refractivity (Wildman–Crippen MR) is 71.8 cm³/mol. The number of rotatable bonds is 3. The third kappa shape index (κ3) is 3.33. The van der Waals surface area contributed by atoms with E-state index in [4.69, 9.17) is 0 Å². The van der Waals surface area contributed by atoms with Crippen molar-refractivity contribution in [3.63, 3.8) is 0 Å². The second-order valence-electron chi connectivity index (χ2n) is 4.66. The van der Waals surface area contributed by atoms with E-state index in [-0.39, 0.29) is 5.56 Å². The van der Waals surface area contributed by atoms with Crippen molar-refractivity contribution in [2.45, 2.75) is 11.8 Å². The van der Waals surface area contributed by atoms with Gasteiger partial charge in [0.1, 0.15) is 11.6 Å². The van der Waals surface area contributed by atoms with E-state index >= 15 is 0 Å². The summed E-state index contributed by atoms with van der Waals surface area (Å²) in [5.41, 5.74) is -3.67. The molecule has 1 unspecified atom stereocenters. The lowest BCUT2D eigenvalue weighted by molar-refractivity contribution is -0.244. The molecule has 1 N–H and O–H groups in total. The molecule has 6 heteroatoms.